The van der Waals surface area contributed by atoms with E-state index in [1.165, 1.54) is 19.3 Å². The zero-order valence-electron chi connectivity index (χ0n) is 17.9. The maximum atomic E-state index is 11.5. The molecule has 0 aromatic carbocycles. The molecule has 0 bridgehead atoms. The molecule has 6 heteroatoms. The second-order valence-electron chi connectivity index (χ2n) is 8.77. The summed E-state index contributed by atoms with van der Waals surface area (Å²) in [6.07, 6.45) is 8.63. The molecule has 1 atom stereocenters. The molecule has 3 N–H and O–H groups in total. The van der Waals surface area contributed by atoms with Gasteiger partial charge in [-0.3, -0.25) is 4.79 Å². The van der Waals surface area contributed by atoms with Crippen molar-refractivity contribution in [3.63, 3.8) is 0 Å². The summed E-state index contributed by atoms with van der Waals surface area (Å²) in [4.78, 5) is 24.1. The molecule has 2 saturated carbocycles. The fourth-order valence-corrected chi connectivity index (χ4v) is 3.87. The molecule has 0 spiro atoms. The lowest BCUT2D eigenvalue weighted by molar-refractivity contribution is -0.146. The third kappa shape index (κ3) is 7.32. The standard InChI is InChI=1S/C10H16O2.C9H18N2O2.C2H6/c11-9(12)10(6-7-10)8-4-2-1-3-5-8;1-9(2,3)13-8(12)11-5-4-7(10)6-11;1-2/h8H,1-7H2,(H,11,12);7H,4-6,10H2,1-3H3;1-2H3. The van der Waals surface area contributed by atoms with E-state index in [4.69, 9.17) is 15.6 Å². The van der Waals surface area contributed by atoms with E-state index in [1.807, 2.05) is 34.6 Å². The van der Waals surface area contributed by atoms with Crippen LogP contribution >= 0.6 is 0 Å². The van der Waals surface area contributed by atoms with Gasteiger partial charge in [0.15, 0.2) is 0 Å². The van der Waals surface area contributed by atoms with Gasteiger partial charge in [0.25, 0.3) is 0 Å². The van der Waals surface area contributed by atoms with Gasteiger partial charge >= 0.3 is 12.1 Å². The van der Waals surface area contributed by atoms with Crippen LogP contribution in [0.3, 0.4) is 0 Å². The van der Waals surface area contributed by atoms with Crippen molar-refractivity contribution in [2.45, 2.75) is 97.6 Å². The molecule has 1 unspecified atom stereocenters. The zero-order chi connectivity index (χ0) is 20.7. The van der Waals surface area contributed by atoms with Gasteiger partial charge in [0.05, 0.1) is 5.41 Å². The number of carboxylic acids is 1. The van der Waals surface area contributed by atoms with Crippen LogP contribution < -0.4 is 5.73 Å². The summed E-state index contributed by atoms with van der Waals surface area (Å²) in [6.45, 7) is 10.9. The van der Waals surface area contributed by atoms with E-state index in [0.29, 0.717) is 12.5 Å². The topological polar surface area (TPSA) is 92.9 Å². The number of aliphatic carboxylic acids is 1. The lowest BCUT2D eigenvalue weighted by atomic mass is 9.78. The van der Waals surface area contributed by atoms with Gasteiger partial charge in [-0.1, -0.05) is 33.1 Å². The third-order valence-corrected chi connectivity index (χ3v) is 5.48. The summed E-state index contributed by atoms with van der Waals surface area (Å²) in [6, 6.07) is 0.118. The summed E-state index contributed by atoms with van der Waals surface area (Å²) >= 11 is 0. The van der Waals surface area contributed by atoms with Gasteiger partial charge in [-0.2, -0.15) is 0 Å². The van der Waals surface area contributed by atoms with Crippen LogP contribution in [0.5, 0.6) is 0 Å². The molecule has 0 radical (unpaired) electrons. The van der Waals surface area contributed by atoms with Crippen molar-refractivity contribution >= 4 is 12.1 Å². The Balaban J connectivity index is 0.000000248. The molecule has 1 amide bonds. The molecular weight excluding hydrogens is 344 g/mol. The van der Waals surface area contributed by atoms with Crippen molar-refractivity contribution in [3.8, 4) is 0 Å². The highest BCUT2D eigenvalue weighted by atomic mass is 16.6. The Hall–Kier alpha value is -1.30. The Kier molecular flexibility index (Phi) is 9.06. The van der Waals surface area contributed by atoms with Crippen LogP contribution in [0.25, 0.3) is 0 Å². The fourth-order valence-electron chi connectivity index (χ4n) is 3.87. The van der Waals surface area contributed by atoms with Gasteiger partial charge < -0.3 is 20.5 Å². The van der Waals surface area contributed by atoms with Gasteiger partial charge in [0, 0.05) is 19.1 Å². The molecule has 3 rings (SSSR count). The molecule has 1 heterocycles. The number of amides is 1. The van der Waals surface area contributed by atoms with Crippen molar-refractivity contribution < 1.29 is 19.4 Å². The van der Waals surface area contributed by atoms with E-state index in [0.717, 1.165) is 38.6 Å². The first-order valence-electron chi connectivity index (χ1n) is 10.6. The summed E-state index contributed by atoms with van der Waals surface area (Å²) in [5.74, 6) is -0.0295. The fraction of sp³-hybridized carbons (Fsp3) is 0.905. The first-order chi connectivity index (χ1) is 12.6. The number of hydrogen-bond donors (Lipinski definition) is 2. The van der Waals surface area contributed by atoms with Crippen molar-refractivity contribution in [2.75, 3.05) is 13.1 Å². The van der Waals surface area contributed by atoms with E-state index in [1.54, 1.807) is 4.90 Å². The predicted molar refractivity (Wildman–Crippen MR) is 108 cm³/mol. The van der Waals surface area contributed by atoms with Gasteiger partial charge in [0.1, 0.15) is 5.60 Å². The molecule has 27 heavy (non-hydrogen) atoms. The van der Waals surface area contributed by atoms with Gasteiger partial charge in [-0.15, -0.1) is 0 Å². The largest absolute Gasteiger partial charge is 0.481 e. The van der Waals surface area contributed by atoms with E-state index >= 15 is 0 Å². The number of carbonyl (C=O) groups is 2. The summed E-state index contributed by atoms with van der Waals surface area (Å²) in [5, 5.41) is 9.06. The first-order valence-corrected chi connectivity index (χ1v) is 10.6. The van der Waals surface area contributed by atoms with E-state index in [-0.39, 0.29) is 17.6 Å². The Morgan fingerprint density at radius 1 is 1.07 bits per heavy atom. The highest BCUT2D eigenvalue weighted by Gasteiger charge is 2.55. The zero-order valence-corrected chi connectivity index (χ0v) is 17.9. The molecule has 3 fully saturated rings. The monoisotopic (exact) mass is 384 g/mol. The highest BCUT2D eigenvalue weighted by molar-refractivity contribution is 5.78. The van der Waals surface area contributed by atoms with Crippen molar-refractivity contribution in [3.05, 3.63) is 0 Å². The average Bonchev–Trinajstić information content (AvgIpc) is 3.32. The molecule has 0 aromatic rings. The van der Waals surface area contributed by atoms with Crippen molar-refractivity contribution in [1.82, 2.24) is 4.90 Å². The molecule has 1 saturated heterocycles. The van der Waals surface area contributed by atoms with Crippen LogP contribution in [0.2, 0.25) is 0 Å². The number of nitrogens with two attached hydrogens (primary N) is 1. The lowest BCUT2D eigenvalue weighted by Gasteiger charge is -2.27. The normalized spacial score (nSPS) is 24.1. The maximum absolute atomic E-state index is 11.5. The van der Waals surface area contributed by atoms with Crippen LogP contribution in [0, 0.1) is 11.3 Å². The van der Waals surface area contributed by atoms with Crippen LogP contribution in [0.4, 0.5) is 4.79 Å². The number of hydrogen-bond acceptors (Lipinski definition) is 4. The summed E-state index contributed by atoms with van der Waals surface area (Å²) < 4.78 is 5.20. The summed E-state index contributed by atoms with van der Waals surface area (Å²) in [5.41, 5.74) is 5.00. The number of rotatable bonds is 2. The van der Waals surface area contributed by atoms with Gasteiger partial charge in [0.2, 0.25) is 0 Å². The lowest BCUT2D eigenvalue weighted by Crippen LogP contribution is -2.36. The summed E-state index contributed by atoms with van der Waals surface area (Å²) in [7, 11) is 0. The Labute approximate surface area is 164 Å². The number of likely N-dealkylation sites (tertiary alicyclic amines) is 1. The maximum Gasteiger partial charge on any atom is 0.410 e. The Bertz CT molecular complexity index is 477. The van der Waals surface area contributed by atoms with Crippen LogP contribution in [-0.4, -0.2) is 46.8 Å². The van der Waals surface area contributed by atoms with Crippen LogP contribution in [-0.2, 0) is 9.53 Å². The smallest absolute Gasteiger partial charge is 0.410 e. The number of carboxylic acid groups (broad SMARTS) is 1. The quantitative estimate of drug-likeness (QED) is 0.735. The number of nitrogens with zero attached hydrogens (tertiary/aromatic N) is 1. The molecule has 3 aliphatic rings. The van der Waals surface area contributed by atoms with Gasteiger partial charge in [-0.25, -0.2) is 4.79 Å². The number of ether oxygens (including phenoxy) is 1. The van der Waals surface area contributed by atoms with E-state index < -0.39 is 11.6 Å². The number of carbonyl (C=O) groups excluding carboxylic acids is 1. The SMILES string of the molecule is CC.CC(C)(C)OC(=O)N1CCC(N)C1.O=C(O)C1(C2CCCCC2)CC1. The minimum absolute atomic E-state index is 0.118. The van der Waals surface area contributed by atoms with Crippen LogP contribution in [0.15, 0.2) is 0 Å². The van der Waals surface area contributed by atoms with Crippen LogP contribution in [0.1, 0.15) is 86.0 Å². The molecule has 0 aromatic heterocycles. The predicted octanol–water partition coefficient (Wildman–Crippen LogP) is 4.41. The Morgan fingerprint density at radius 2 is 1.63 bits per heavy atom. The molecular formula is C21H40N2O4. The Morgan fingerprint density at radius 3 is 2.00 bits per heavy atom. The molecule has 158 valence electrons. The van der Waals surface area contributed by atoms with E-state index in [2.05, 4.69) is 0 Å². The van der Waals surface area contributed by atoms with Crippen molar-refractivity contribution in [1.29, 1.82) is 0 Å². The second-order valence-corrected chi connectivity index (χ2v) is 8.77. The molecule has 6 nitrogen and oxygen atoms in total. The minimum atomic E-state index is -0.533. The molecule has 2 aliphatic carbocycles. The minimum Gasteiger partial charge on any atom is -0.481 e. The molecule has 1 aliphatic heterocycles. The third-order valence-electron chi connectivity index (χ3n) is 5.48. The van der Waals surface area contributed by atoms with E-state index in [9.17, 15) is 9.59 Å². The average molecular weight is 385 g/mol. The first kappa shape index (κ1) is 23.7. The highest BCUT2D eigenvalue weighted by Crippen LogP contribution is 2.56. The van der Waals surface area contributed by atoms with Crippen molar-refractivity contribution in [2.24, 2.45) is 17.1 Å². The second kappa shape index (κ2) is 10.3. The van der Waals surface area contributed by atoms with Gasteiger partial charge in [-0.05, 0) is 58.8 Å².